The lowest BCUT2D eigenvalue weighted by atomic mass is 9.97. The van der Waals surface area contributed by atoms with E-state index in [1.165, 1.54) is 82.2 Å². The average molecular weight is 669 g/mol. The summed E-state index contributed by atoms with van der Waals surface area (Å²) in [6, 6.07) is 39.9. The van der Waals surface area contributed by atoms with Gasteiger partial charge in [0.2, 0.25) is 0 Å². The highest BCUT2D eigenvalue weighted by Gasteiger charge is 2.18. The van der Waals surface area contributed by atoms with Crippen LogP contribution in [-0.4, -0.2) is 66.0 Å². The second kappa shape index (κ2) is 12.6. The van der Waals surface area contributed by atoms with Gasteiger partial charge in [-0.3, -0.25) is 0 Å². The first kappa shape index (κ1) is 31.4. The monoisotopic (exact) mass is 668 g/mol. The number of aromatic amines is 3. The Bertz CT molecular complexity index is 2710. The number of H-pyrrole nitrogens is 3. The molecule has 6 heteroatoms. The van der Waals surface area contributed by atoms with Gasteiger partial charge >= 0.3 is 0 Å². The van der Waals surface area contributed by atoms with Crippen molar-refractivity contribution in [3.05, 3.63) is 120 Å². The fraction of sp³-hybridized carbons (Fsp3) is 0.200. The second-order valence-corrected chi connectivity index (χ2v) is 14.7. The molecule has 0 fully saturated rings. The second-order valence-electron chi connectivity index (χ2n) is 14.7. The van der Waals surface area contributed by atoms with Crippen LogP contribution in [-0.2, 0) is 12.8 Å². The molecular weight excluding hydrogens is 625 g/mol. The molecule has 3 heterocycles. The Hall–Kier alpha value is -5.56. The maximum Gasteiger partial charge on any atom is 0.0505 e. The van der Waals surface area contributed by atoms with E-state index in [0.717, 1.165) is 49.2 Å². The molecule has 51 heavy (non-hydrogen) atoms. The van der Waals surface area contributed by atoms with Crippen molar-refractivity contribution in [3.63, 3.8) is 0 Å². The Morgan fingerprint density at radius 3 is 1.94 bits per heavy atom. The van der Waals surface area contributed by atoms with Crippen LogP contribution in [0, 0.1) is 0 Å². The Morgan fingerprint density at radius 1 is 0.490 bits per heavy atom. The smallest absolute Gasteiger partial charge is 0.0505 e. The first-order chi connectivity index (χ1) is 24.9. The Morgan fingerprint density at radius 2 is 1.16 bits per heavy atom. The van der Waals surface area contributed by atoms with Crippen LogP contribution in [0.5, 0.6) is 0 Å². The highest BCUT2D eigenvalue weighted by Crippen LogP contribution is 2.40. The number of aromatic nitrogens is 3. The molecule has 0 spiro atoms. The van der Waals surface area contributed by atoms with Gasteiger partial charge in [-0.1, -0.05) is 60.7 Å². The molecule has 0 radical (unpaired) electrons. The van der Waals surface area contributed by atoms with Gasteiger partial charge in [-0.05, 0) is 125 Å². The number of hydrogen-bond donors (Lipinski definition) is 4. The fourth-order valence-corrected chi connectivity index (χ4v) is 8.03. The van der Waals surface area contributed by atoms with E-state index in [1.807, 2.05) is 0 Å². The topological polar surface area (TPSA) is 65.9 Å². The number of benzene rings is 6. The minimum atomic E-state index is 0.964. The minimum absolute atomic E-state index is 0.964. The molecule has 0 saturated heterocycles. The lowest BCUT2D eigenvalue weighted by Gasteiger charge is -2.13. The molecule has 0 aliphatic rings. The SMILES string of the molecule is CN(C)CCCc1c2[nH]c3ccccc3c2cc2[nH]c3cc(-c4ccc5c(c4)[nH]c4c(CCN(C)C)cc(Nc6ccccc6)cc45)ccc3c12. The maximum absolute atomic E-state index is 3.85. The van der Waals surface area contributed by atoms with Crippen LogP contribution in [0.4, 0.5) is 11.4 Å². The molecule has 4 N–H and O–H groups in total. The van der Waals surface area contributed by atoms with Crippen LogP contribution in [0.25, 0.3) is 76.5 Å². The van der Waals surface area contributed by atoms with Gasteiger partial charge in [-0.2, -0.15) is 0 Å². The van der Waals surface area contributed by atoms with Crippen molar-refractivity contribution >= 4 is 76.8 Å². The molecular formula is C45H44N6. The van der Waals surface area contributed by atoms with Crippen molar-refractivity contribution in [1.29, 1.82) is 0 Å². The molecule has 3 aromatic heterocycles. The lowest BCUT2D eigenvalue weighted by Crippen LogP contribution is -2.15. The number of nitrogens with one attached hydrogen (secondary N) is 4. The number of anilines is 2. The van der Waals surface area contributed by atoms with Crippen LogP contribution in [0.3, 0.4) is 0 Å². The van der Waals surface area contributed by atoms with E-state index in [2.05, 4.69) is 167 Å². The molecule has 0 unspecified atom stereocenters. The molecule has 9 rings (SSSR count). The van der Waals surface area contributed by atoms with Gasteiger partial charge in [0.15, 0.2) is 0 Å². The number of rotatable bonds is 10. The summed E-state index contributed by atoms with van der Waals surface area (Å²) < 4.78 is 0. The molecule has 0 bridgehead atoms. The third-order valence-electron chi connectivity index (χ3n) is 10.5. The normalized spacial score (nSPS) is 12.3. The third-order valence-corrected chi connectivity index (χ3v) is 10.5. The number of nitrogens with zero attached hydrogens (tertiary/aromatic N) is 2. The molecule has 0 atom stereocenters. The number of para-hydroxylation sites is 2. The van der Waals surface area contributed by atoms with Crippen LogP contribution < -0.4 is 5.32 Å². The summed E-state index contributed by atoms with van der Waals surface area (Å²) in [5.74, 6) is 0. The summed E-state index contributed by atoms with van der Waals surface area (Å²) in [5.41, 5.74) is 14.6. The molecule has 6 nitrogen and oxygen atoms in total. The van der Waals surface area contributed by atoms with E-state index >= 15 is 0 Å². The average Bonchev–Trinajstić information content (AvgIpc) is 3.81. The molecule has 0 saturated carbocycles. The van der Waals surface area contributed by atoms with Crippen molar-refractivity contribution in [2.75, 3.05) is 46.6 Å². The van der Waals surface area contributed by atoms with Crippen LogP contribution in [0.2, 0.25) is 0 Å². The summed E-state index contributed by atoms with van der Waals surface area (Å²) in [6.07, 6.45) is 3.09. The zero-order chi connectivity index (χ0) is 34.6. The van der Waals surface area contributed by atoms with E-state index in [9.17, 15) is 0 Å². The van der Waals surface area contributed by atoms with Crippen LogP contribution in [0.15, 0.2) is 109 Å². The predicted octanol–water partition coefficient (Wildman–Crippen LogP) is 10.6. The Kier molecular flexibility index (Phi) is 7.79. The number of hydrogen-bond acceptors (Lipinski definition) is 3. The van der Waals surface area contributed by atoms with E-state index in [0.29, 0.717) is 0 Å². The summed E-state index contributed by atoms with van der Waals surface area (Å²) in [5, 5.41) is 11.3. The molecule has 9 aromatic rings. The number of aryl methyl sites for hydroxylation is 1. The summed E-state index contributed by atoms with van der Waals surface area (Å²) in [6.45, 7) is 2.04. The highest BCUT2D eigenvalue weighted by atomic mass is 15.0. The van der Waals surface area contributed by atoms with Crippen molar-refractivity contribution < 1.29 is 0 Å². The third kappa shape index (κ3) is 5.71. The van der Waals surface area contributed by atoms with Crippen molar-refractivity contribution in [1.82, 2.24) is 24.8 Å². The number of fused-ring (bicyclic) bond motifs is 9. The predicted molar refractivity (Wildman–Crippen MR) is 219 cm³/mol. The molecule has 0 aliphatic carbocycles. The fourth-order valence-electron chi connectivity index (χ4n) is 8.03. The first-order valence-electron chi connectivity index (χ1n) is 18.1. The summed E-state index contributed by atoms with van der Waals surface area (Å²) in [4.78, 5) is 16.0. The summed E-state index contributed by atoms with van der Waals surface area (Å²) >= 11 is 0. The zero-order valence-electron chi connectivity index (χ0n) is 29.8. The molecule has 0 aliphatic heterocycles. The lowest BCUT2D eigenvalue weighted by molar-refractivity contribution is 0.401. The Balaban J connectivity index is 1.14. The van der Waals surface area contributed by atoms with Gasteiger partial charge in [0, 0.05) is 77.8 Å². The van der Waals surface area contributed by atoms with Gasteiger partial charge in [-0.15, -0.1) is 0 Å². The van der Waals surface area contributed by atoms with E-state index in [1.54, 1.807) is 0 Å². The standard InChI is InChI=1S/C45H44N6/c1-50(2)21-10-14-36-43-35-19-17-29(25-41(35)47-42(43)27-38-33-13-8-9-15-39(33)48-45(36)38)28-16-18-34-37-26-32(46-31-11-6-5-7-12-31)23-30(20-22-51(3)4)44(37)49-40(34)24-28/h5-9,11-13,15-19,23-27,46-49H,10,14,20-22H2,1-4H3. The van der Waals surface area contributed by atoms with Gasteiger partial charge in [0.1, 0.15) is 0 Å². The van der Waals surface area contributed by atoms with Crippen molar-refractivity contribution in [2.45, 2.75) is 19.3 Å². The Labute approximate surface area is 298 Å². The van der Waals surface area contributed by atoms with Gasteiger partial charge < -0.3 is 30.1 Å². The quantitative estimate of drug-likeness (QED) is 0.117. The van der Waals surface area contributed by atoms with Gasteiger partial charge in [-0.25, -0.2) is 0 Å². The number of likely N-dealkylation sites (N-methyl/N-ethyl adjacent to an activating group) is 1. The van der Waals surface area contributed by atoms with E-state index < -0.39 is 0 Å². The van der Waals surface area contributed by atoms with Gasteiger partial charge in [0.25, 0.3) is 0 Å². The minimum Gasteiger partial charge on any atom is -0.355 e. The molecule has 254 valence electrons. The first-order valence-corrected chi connectivity index (χ1v) is 18.1. The van der Waals surface area contributed by atoms with Crippen molar-refractivity contribution in [3.8, 4) is 11.1 Å². The highest BCUT2D eigenvalue weighted by molar-refractivity contribution is 6.20. The maximum atomic E-state index is 3.85. The van der Waals surface area contributed by atoms with Crippen LogP contribution in [0.1, 0.15) is 17.5 Å². The molecule has 6 aromatic carbocycles. The van der Waals surface area contributed by atoms with E-state index in [4.69, 9.17) is 0 Å². The van der Waals surface area contributed by atoms with Gasteiger partial charge in [0.05, 0.1) is 5.52 Å². The largest absolute Gasteiger partial charge is 0.355 e. The molecule has 0 amide bonds. The van der Waals surface area contributed by atoms with Crippen LogP contribution >= 0.6 is 0 Å². The van der Waals surface area contributed by atoms with Crippen molar-refractivity contribution in [2.24, 2.45) is 0 Å². The van der Waals surface area contributed by atoms with E-state index in [-0.39, 0.29) is 0 Å². The summed E-state index contributed by atoms with van der Waals surface area (Å²) in [7, 11) is 8.59. The zero-order valence-corrected chi connectivity index (χ0v) is 29.8.